The SMILES string of the molecule is CN(C)c1ccc(-c2cc(-c3ccccn3)nc(-c3ccccn3)c2)cc1. The van der Waals surface area contributed by atoms with Crippen molar-refractivity contribution in [2.45, 2.75) is 0 Å². The number of pyridine rings is 3. The van der Waals surface area contributed by atoms with Crippen molar-refractivity contribution in [3.05, 3.63) is 85.2 Å². The number of aromatic nitrogens is 3. The molecule has 27 heavy (non-hydrogen) atoms. The second kappa shape index (κ2) is 7.38. The molecule has 0 aliphatic rings. The van der Waals surface area contributed by atoms with Gasteiger partial charge in [0.25, 0.3) is 0 Å². The molecule has 4 rings (SSSR count). The Morgan fingerprint density at radius 2 is 1.15 bits per heavy atom. The summed E-state index contributed by atoms with van der Waals surface area (Å²) in [5, 5.41) is 0. The third-order valence-corrected chi connectivity index (χ3v) is 4.40. The Balaban J connectivity index is 1.85. The molecule has 0 aliphatic heterocycles. The van der Waals surface area contributed by atoms with E-state index < -0.39 is 0 Å². The monoisotopic (exact) mass is 352 g/mol. The molecule has 0 aliphatic carbocycles. The standard InChI is InChI=1S/C23H20N4/c1-27(2)19-11-9-17(10-12-19)18-15-22(20-7-3-5-13-24-20)26-23(16-18)21-8-4-6-14-25-21/h3-16H,1-2H3. The molecule has 4 heteroatoms. The maximum absolute atomic E-state index is 4.81. The second-order valence-corrected chi connectivity index (χ2v) is 6.50. The summed E-state index contributed by atoms with van der Waals surface area (Å²) in [6, 6.07) is 24.4. The Morgan fingerprint density at radius 1 is 0.593 bits per heavy atom. The van der Waals surface area contributed by atoms with Gasteiger partial charge in [-0.25, -0.2) is 4.98 Å². The Bertz CT molecular complexity index is 969. The molecule has 1 aromatic carbocycles. The van der Waals surface area contributed by atoms with Gasteiger partial charge in [-0.2, -0.15) is 0 Å². The van der Waals surface area contributed by atoms with Crippen molar-refractivity contribution in [3.63, 3.8) is 0 Å². The van der Waals surface area contributed by atoms with Gasteiger partial charge in [-0.05, 0) is 59.7 Å². The Morgan fingerprint density at radius 3 is 1.59 bits per heavy atom. The number of benzene rings is 1. The van der Waals surface area contributed by atoms with E-state index in [-0.39, 0.29) is 0 Å². The molecule has 0 radical (unpaired) electrons. The molecule has 132 valence electrons. The molecule has 0 spiro atoms. The molecule has 3 heterocycles. The number of anilines is 1. The van der Waals surface area contributed by atoms with Crippen molar-refractivity contribution in [3.8, 4) is 33.9 Å². The van der Waals surface area contributed by atoms with Crippen LogP contribution in [0, 0.1) is 0 Å². The van der Waals surface area contributed by atoms with Crippen molar-refractivity contribution >= 4 is 5.69 Å². The van der Waals surface area contributed by atoms with E-state index in [1.54, 1.807) is 12.4 Å². The number of hydrogen-bond acceptors (Lipinski definition) is 4. The molecule has 0 saturated heterocycles. The van der Waals surface area contributed by atoms with E-state index in [0.29, 0.717) is 0 Å². The summed E-state index contributed by atoms with van der Waals surface area (Å²) in [7, 11) is 4.08. The van der Waals surface area contributed by atoms with Crippen LogP contribution in [0.2, 0.25) is 0 Å². The molecule has 0 amide bonds. The lowest BCUT2D eigenvalue weighted by Crippen LogP contribution is -2.07. The zero-order valence-corrected chi connectivity index (χ0v) is 15.4. The summed E-state index contributed by atoms with van der Waals surface area (Å²) < 4.78 is 0. The molecular weight excluding hydrogens is 332 g/mol. The largest absolute Gasteiger partial charge is 0.378 e. The van der Waals surface area contributed by atoms with E-state index in [1.807, 2.05) is 50.5 Å². The minimum Gasteiger partial charge on any atom is -0.378 e. The molecule has 0 N–H and O–H groups in total. The molecule has 0 unspecified atom stereocenters. The molecule has 0 atom stereocenters. The van der Waals surface area contributed by atoms with Gasteiger partial charge >= 0.3 is 0 Å². The maximum atomic E-state index is 4.81. The summed E-state index contributed by atoms with van der Waals surface area (Å²) in [6.45, 7) is 0. The summed E-state index contributed by atoms with van der Waals surface area (Å²) in [4.78, 5) is 15.8. The number of nitrogens with zero attached hydrogens (tertiary/aromatic N) is 4. The van der Waals surface area contributed by atoms with Gasteiger partial charge in [0.05, 0.1) is 22.8 Å². The van der Waals surface area contributed by atoms with Gasteiger partial charge in [0.2, 0.25) is 0 Å². The van der Waals surface area contributed by atoms with E-state index in [1.165, 1.54) is 5.69 Å². The zero-order valence-electron chi connectivity index (χ0n) is 15.4. The fourth-order valence-electron chi connectivity index (χ4n) is 2.94. The lowest BCUT2D eigenvalue weighted by atomic mass is 10.0. The zero-order chi connectivity index (χ0) is 18.6. The van der Waals surface area contributed by atoms with Crippen LogP contribution in [0.15, 0.2) is 85.2 Å². The van der Waals surface area contributed by atoms with Crippen molar-refractivity contribution in [1.29, 1.82) is 0 Å². The fourth-order valence-corrected chi connectivity index (χ4v) is 2.94. The van der Waals surface area contributed by atoms with E-state index in [0.717, 1.165) is 33.9 Å². The van der Waals surface area contributed by atoms with Crippen LogP contribution >= 0.6 is 0 Å². The quantitative estimate of drug-likeness (QED) is 0.522. The first kappa shape index (κ1) is 16.9. The first-order chi connectivity index (χ1) is 13.2. The Hall–Kier alpha value is -3.53. The van der Waals surface area contributed by atoms with E-state index in [9.17, 15) is 0 Å². The van der Waals surface area contributed by atoms with Gasteiger partial charge < -0.3 is 4.90 Å². The highest BCUT2D eigenvalue weighted by molar-refractivity contribution is 5.75. The Kier molecular flexibility index (Phi) is 4.62. The van der Waals surface area contributed by atoms with Crippen LogP contribution < -0.4 is 4.90 Å². The maximum Gasteiger partial charge on any atom is 0.0900 e. The van der Waals surface area contributed by atoms with Crippen LogP contribution in [0.3, 0.4) is 0 Å². The van der Waals surface area contributed by atoms with Crippen molar-refractivity contribution in [2.24, 2.45) is 0 Å². The molecule has 0 fully saturated rings. The smallest absolute Gasteiger partial charge is 0.0900 e. The van der Waals surface area contributed by atoms with Gasteiger partial charge in [-0.1, -0.05) is 24.3 Å². The summed E-state index contributed by atoms with van der Waals surface area (Å²) in [5.41, 5.74) is 6.77. The third kappa shape index (κ3) is 3.70. The van der Waals surface area contributed by atoms with E-state index >= 15 is 0 Å². The highest BCUT2D eigenvalue weighted by Crippen LogP contribution is 2.29. The molecule has 0 saturated carbocycles. The highest BCUT2D eigenvalue weighted by atomic mass is 15.1. The van der Waals surface area contributed by atoms with E-state index in [4.69, 9.17) is 4.98 Å². The van der Waals surface area contributed by atoms with Crippen molar-refractivity contribution in [1.82, 2.24) is 15.0 Å². The van der Waals surface area contributed by atoms with Crippen LogP contribution in [-0.2, 0) is 0 Å². The lowest BCUT2D eigenvalue weighted by Gasteiger charge is -2.13. The van der Waals surface area contributed by atoms with Gasteiger partial charge in [0.15, 0.2) is 0 Å². The first-order valence-corrected chi connectivity index (χ1v) is 8.83. The predicted octanol–water partition coefficient (Wildman–Crippen LogP) is 4.94. The van der Waals surface area contributed by atoms with Gasteiger partial charge in [-0.3, -0.25) is 9.97 Å². The second-order valence-electron chi connectivity index (χ2n) is 6.50. The van der Waals surface area contributed by atoms with Crippen molar-refractivity contribution < 1.29 is 0 Å². The average molecular weight is 352 g/mol. The average Bonchev–Trinajstić information content (AvgIpc) is 2.75. The summed E-state index contributed by atoms with van der Waals surface area (Å²) in [5.74, 6) is 0. The third-order valence-electron chi connectivity index (χ3n) is 4.40. The summed E-state index contributed by atoms with van der Waals surface area (Å²) >= 11 is 0. The number of hydrogen-bond donors (Lipinski definition) is 0. The topological polar surface area (TPSA) is 41.9 Å². The lowest BCUT2D eigenvalue weighted by molar-refractivity contribution is 1.13. The van der Waals surface area contributed by atoms with Crippen LogP contribution in [0.4, 0.5) is 5.69 Å². The van der Waals surface area contributed by atoms with Gasteiger partial charge in [0.1, 0.15) is 0 Å². The minimum atomic E-state index is 0.838. The molecule has 4 nitrogen and oxygen atoms in total. The molecule has 4 aromatic rings. The van der Waals surface area contributed by atoms with Crippen LogP contribution in [0.5, 0.6) is 0 Å². The molecular formula is C23H20N4. The molecule has 0 bridgehead atoms. The minimum absolute atomic E-state index is 0.838. The fraction of sp³-hybridized carbons (Fsp3) is 0.0870. The number of rotatable bonds is 4. The summed E-state index contributed by atoms with van der Waals surface area (Å²) in [6.07, 6.45) is 3.58. The van der Waals surface area contributed by atoms with Gasteiger partial charge in [-0.15, -0.1) is 0 Å². The van der Waals surface area contributed by atoms with Gasteiger partial charge in [0, 0.05) is 32.2 Å². The molecule has 3 aromatic heterocycles. The van der Waals surface area contributed by atoms with Crippen LogP contribution in [0.25, 0.3) is 33.9 Å². The Labute approximate surface area is 159 Å². The van der Waals surface area contributed by atoms with Crippen LogP contribution in [-0.4, -0.2) is 29.0 Å². The van der Waals surface area contributed by atoms with Crippen LogP contribution in [0.1, 0.15) is 0 Å². The first-order valence-electron chi connectivity index (χ1n) is 8.83. The normalized spacial score (nSPS) is 10.6. The predicted molar refractivity (Wildman–Crippen MR) is 110 cm³/mol. The van der Waals surface area contributed by atoms with Crippen molar-refractivity contribution in [2.75, 3.05) is 19.0 Å². The van der Waals surface area contributed by atoms with E-state index in [2.05, 4.69) is 51.3 Å². The highest BCUT2D eigenvalue weighted by Gasteiger charge is 2.10.